The minimum absolute atomic E-state index is 0.417. The van der Waals surface area contributed by atoms with Crippen LogP contribution in [0.3, 0.4) is 0 Å². The third-order valence-corrected chi connectivity index (χ3v) is 4.59. The molecule has 0 bridgehead atoms. The summed E-state index contributed by atoms with van der Waals surface area (Å²) in [6.07, 6.45) is 19.0. The Labute approximate surface area is 120 Å². The fourth-order valence-corrected chi connectivity index (χ4v) is 3.24. The van der Waals surface area contributed by atoms with E-state index in [1.807, 2.05) is 0 Å². The van der Waals surface area contributed by atoms with Gasteiger partial charge in [-0.25, -0.2) is 0 Å². The lowest BCUT2D eigenvalue weighted by molar-refractivity contribution is -0.123. The van der Waals surface area contributed by atoms with Crippen molar-refractivity contribution in [1.82, 2.24) is 0 Å². The van der Waals surface area contributed by atoms with E-state index in [9.17, 15) is 4.79 Å². The first-order valence-electron chi connectivity index (χ1n) is 8.87. The van der Waals surface area contributed by atoms with Gasteiger partial charge in [-0.05, 0) is 19.3 Å². The maximum atomic E-state index is 12.2. The Balaban J connectivity index is 2.02. The van der Waals surface area contributed by atoms with Gasteiger partial charge in [-0.2, -0.15) is 0 Å². The van der Waals surface area contributed by atoms with Crippen LogP contribution in [0.1, 0.15) is 103 Å². The first-order valence-corrected chi connectivity index (χ1v) is 8.87. The van der Waals surface area contributed by atoms with Crippen LogP contribution in [-0.2, 0) is 4.79 Å². The molecule has 112 valence electrons. The molecule has 0 spiro atoms. The average Bonchev–Trinajstić information content (AvgIpc) is 2.37. The summed E-state index contributed by atoms with van der Waals surface area (Å²) in [5.74, 6) is 0.996. The van der Waals surface area contributed by atoms with E-state index < -0.39 is 0 Å². The van der Waals surface area contributed by atoms with Crippen LogP contribution in [0.5, 0.6) is 0 Å². The van der Waals surface area contributed by atoms with Crippen LogP contribution >= 0.6 is 0 Å². The Hall–Kier alpha value is -0.330. The van der Waals surface area contributed by atoms with Gasteiger partial charge < -0.3 is 0 Å². The molecule has 0 heterocycles. The zero-order chi connectivity index (χ0) is 13.8. The molecule has 1 nitrogen and oxygen atoms in total. The Morgan fingerprint density at radius 3 is 1.95 bits per heavy atom. The van der Waals surface area contributed by atoms with E-state index in [0.29, 0.717) is 11.7 Å². The topological polar surface area (TPSA) is 17.1 Å². The van der Waals surface area contributed by atoms with E-state index >= 15 is 0 Å². The fraction of sp³-hybridized carbons (Fsp3) is 0.944. The lowest BCUT2D eigenvalue weighted by atomic mass is 9.86. The van der Waals surface area contributed by atoms with Crippen molar-refractivity contribution in [1.29, 1.82) is 0 Å². The van der Waals surface area contributed by atoms with Gasteiger partial charge in [-0.3, -0.25) is 4.79 Å². The molecule has 0 aromatic rings. The first-order chi connectivity index (χ1) is 9.34. The molecular formula is C18H34O. The fourth-order valence-electron chi connectivity index (χ4n) is 3.24. The standard InChI is InChI=1S/C18H34O/c1-2-3-4-5-6-10-13-16-18(19)17-14-11-8-7-9-12-15-17/h17H,2-16H2,1H3. The number of hydrogen-bond donors (Lipinski definition) is 0. The minimum atomic E-state index is 0.417. The minimum Gasteiger partial charge on any atom is -0.299 e. The van der Waals surface area contributed by atoms with Gasteiger partial charge >= 0.3 is 0 Å². The molecule has 1 aliphatic carbocycles. The van der Waals surface area contributed by atoms with E-state index in [0.717, 1.165) is 12.8 Å². The SMILES string of the molecule is CCCCCCCCCC(=O)C1CCCCCCC1. The second-order valence-corrected chi connectivity index (χ2v) is 6.38. The molecule has 0 saturated heterocycles. The smallest absolute Gasteiger partial charge is 0.135 e. The number of carbonyl (C=O) groups is 1. The Morgan fingerprint density at radius 1 is 0.789 bits per heavy atom. The zero-order valence-electron chi connectivity index (χ0n) is 13.1. The number of unbranched alkanes of at least 4 members (excludes halogenated alkanes) is 6. The largest absolute Gasteiger partial charge is 0.299 e. The predicted molar refractivity (Wildman–Crippen MR) is 83.4 cm³/mol. The van der Waals surface area contributed by atoms with Crippen LogP contribution in [0, 0.1) is 5.92 Å². The summed E-state index contributed by atoms with van der Waals surface area (Å²) >= 11 is 0. The molecule has 1 rings (SSSR count). The normalized spacial score (nSPS) is 17.9. The molecular weight excluding hydrogens is 232 g/mol. The molecule has 1 aliphatic rings. The molecule has 0 atom stereocenters. The lowest BCUT2D eigenvalue weighted by Crippen LogP contribution is -2.15. The lowest BCUT2D eigenvalue weighted by Gasteiger charge is -2.18. The van der Waals surface area contributed by atoms with Gasteiger partial charge in [0.15, 0.2) is 0 Å². The molecule has 1 heteroatoms. The van der Waals surface area contributed by atoms with Gasteiger partial charge in [0.05, 0.1) is 0 Å². The average molecular weight is 266 g/mol. The quantitative estimate of drug-likeness (QED) is 0.464. The monoisotopic (exact) mass is 266 g/mol. The highest BCUT2D eigenvalue weighted by molar-refractivity contribution is 5.80. The second-order valence-electron chi connectivity index (χ2n) is 6.38. The molecule has 19 heavy (non-hydrogen) atoms. The van der Waals surface area contributed by atoms with Crippen molar-refractivity contribution in [3.05, 3.63) is 0 Å². The van der Waals surface area contributed by atoms with Crippen LogP contribution < -0.4 is 0 Å². The van der Waals surface area contributed by atoms with Gasteiger partial charge in [0, 0.05) is 12.3 Å². The van der Waals surface area contributed by atoms with E-state index in [2.05, 4.69) is 6.92 Å². The van der Waals surface area contributed by atoms with Gasteiger partial charge in [-0.15, -0.1) is 0 Å². The van der Waals surface area contributed by atoms with Crippen molar-refractivity contribution in [3.63, 3.8) is 0 Å². The number of rotatable bonds is 9. The van der Waals surface area contributed by atoms with E-state index in [4.69, 9.17) is 0 Å². The van der Waals surface area contributed by atoms with Gasteiger partial charge in [0.1, 0.15) is 5.78 Å². The van der Waals surface area contributed by atoms with Crippen molar-refractivity contribution in [2.24, 2.45) is 5.92 Å². The summed E-state index contributed by atoms with van der Waals surface area (Å²) < 4.78 is 0. The second kappa shape index (κ2) is 11.5. The molecule has 1 saturated carbocycles. The van der Waals surface area contributed by atoms with Crippen LogP contribution in [-0.4, -0.2) is 5.78 Å². The Bertz CT molecular complexity index is 214. The molecule has 0 amide bonds. The van der Waals surface area contributed by atoms with Gasteiger partial charge in [-0.1, -0.05) is 77.6 Å². The van der Waals surface area contributed by atoms with E-state index in [1.165, 1.54) is 83.5 Å². The summed E-state index contributed by atoms with van der Waals surface area (Å²) in [4.78, 5) is 12.2. The van der Waals surface area contributed by atoms with Crippen molar-refractivity contribution in [3.8, 4) is 0 Å². The highest BCUT2D eigenvalue weighted by Gasteiger charge is 2.18. The maximum absolute atomic E-state index is 12.2. The van der Waals surface area contributed by atoms with E-state index in [1.54, 1.807) is 0 Å². The number of ketones is 1. The third-order valence-electron chi connectivity index (χ3n) is 4.59. The Kier molecular flexibility index (Phi) is 10.1. The summed E-state index contributed by atoms with van der Waals surface area (Å²) in [7, 11) is 0. The molecule has 0 unspecified atom stereocenters. The summed E-state index contributed by atoms with van der Waals surface area (Å²) in [6.45, 7) is 2.26. The Morgan fingerprint density at radius 2 is 1.32 bits per heavy atom. The molecule has 0 aromatic carbocycles. The highest BCUT2D eigenvalue weighted by Crippen LogP contribution is 2.24. The van der Waals surface area contributed by atoms with Crippen molar-refractivity contribution in [2.75, 3.05) is 0 Å². The van der Waals surface area contributed by atoms with Crippen molar-refractivity contribution >= 4 is 5.78 Å². The zero-order valence-corrected chi connectivity index (χ0v) is 13.1. The van der Waals surface area contributed by atoms with Crippen LogP contribution in [0.25, 0.3) is 0 Å². The summed E-state index contributed by atoms with van der Waals surface area (Å²) in [6, 6.07) is 0. The highest BCUT2D eigenvalue weighted by atomic mass is 16.1. The summed E-state index contributed by atoms with van der Waals surface area (Å²) in [5, 5.41) is 0. The van der Waals surface area contributed by atoms with Gasteiger partial charge in [0.2, 0.25) is 0 Å². The van der Waals surface area contributed by atoms with Crippen LogP contribution in [0.15, 0.2) is 0 Å². The van der Waals surface area contributed by atoms with Crippen molar-refractivity contribution in [2.45, 2.75) is 103 Å². The van der Waals surface area contributed by atoms with Crippen LogP contribution in [0.2, 0.25) is 0 Å². The molecule has 1 fully saturated rings. The molecule has 0 radical (unpaired) electrons. The van der Waals surface area contributed by atoms with Crippen LogP contribution in [0.4, 0.5) is 0 Å². The number of hydrogen-bond acceptors (Lipinski definition) is 1. The maximum Gasteiger partial charge on any atom is 0.135 e. The van der Waals surface area contributed by atoms with E-state index in [-0.39, 0.29) is 0 Å². The van der Waals surface area contributed by atoms with Crippen molar-refractivity contribution < 1.29 is 4.79 Å². The predicted octanol–water partition coefficient (Wildman–Crippen LogP) is 6.06. The summed E-state index contributed by atoms with van der Waals surface area (Å²) in [5.41, 5.74) is 0. The number of carbonyl (C=O) groups excluding carboxylic acids is 1. The molecule has 0 aromatic heterocycles. The number of Topliss-reactive ketones (excluding diaryl/α,β-unsaturated/α-hetero) is 1. The molecule has 0 aliphatic heterocycles. The third kappa shape index (κ3) is 8.44. The first kappa shape index (κ1) is 16.7. The molecule has 0 N–H and O–H groups in total. The van der Waals surface area contributed by atoms with Gasteiger partial charge in [0.25, 0.3) is 0 Å².